The van der Waals surface area contributed by atoms with Crippen LogP contribution in [0.1, 0.15) is 30.0 Å². The first-order valence-corrected chi connectivity index (χ1v) is 9.97. The maximum atomic E-state index is 12.4. The van der Waals surface area contributed by atoms with Gasteiger partial charge in [0.05, 0.1) is 26.7 Å². The van der Waals surface area contributed by atoms with E-state index in [0.717, 1.165) is 23.4 Å². The first-order valence-electron chi connectivity index (χ1n) is 9.97. The second kappa shape index (κ2) is 9.81. The Morgan fingerprint density at radius 3 is 2.45 bits per heavy atom. The number of carbonyl (C=O) groups is 1. The number of hydrogen-bond donors (Lipinski definition) is 0. The van der Waals surface area contributed by atoms with E-state index in [9.17, 15) is 4.79 Å². The standard InChI is InChI=1S/C24H25N3O4/c1-5-27(10-6-9-25)19-8-7-17(16(2)11-19)14-22-24(28)31-23(26-22)18-12-20(29-3)15-21(13-18)30-4/h7-8,11-15H,5-6,10H2,1-4H3/b22-14-. The molecule has 0 spiro atoms. The van der Waals surface area contributed by atoms with Gasteiger partial charge in [0.15, 0.2) is 5.70 Å². The van der Waals surface area contributed by atoms with Crippen molar-refractivity contribution in [1.82, 2.24) is 0 Å². The van der Waals surface area contributed by atoms with Crippen molar-refractivity contribution in [1.29, 1.82) is 5.26 Å². The summed E-state index contributed by atoms with van der Waals surface area (Å²) in [5.41, 5.74) is 3.74. The fraction of sp³-hybridized carbons (Fsp3) is 0.292. The largest absolute Gasteiger partial charge is 0.497 e. The molecule has 1 heterocycles. The van der Waals surface area contributed by atoms with Crippen LogP contribution in [0.3, 0.4) is 0 Å². The summed E-state index contributed by atoms with van der Waals surface area (Å²) in [5.74, 6) is 0.850. The van der Waals surface area contributed by atoms with Gasteiger partial charge in [0, 0.05) is 30.4 Å². The zero-order chi connectivity index (χ0) is 22.4. The molecular formula is C24H25N3O4. The molecule has 0 amide bonds. The Kier molecular flexibility index (Phi) is 6.93. The van der Waals surface area contributed by atoms with Gasteiger partial charge in [-0.2, -0.15) is 5.26 Å². The lowest BCUT2D eigenvalue weighted by molar-refractivity contribution is -0.129. The van der Waals surface area contributed by atoms with Gasteiger partial charge < -0.3 is 19.1 Å². The highest BCUT2D eigenvalue weighted by Crippen LogP contribution is 2.27. The second-order valence-electron chi connectivity index (χ2n) is 6.97. The van der Waals surface area contributed by atoms with E-state index in [0.29, 0.717) is 30.0 Å². The molecule has 2 aromatic rings. The van der Waals surface area contributed by atoms with Crippen molar-refractivity contribution in [3.63, 3.8) is 0 Å². The van der Waals surface area contributed by atoms with Gasteiger partial charge in [0.25, 0.3) is 0 Å². The molecule has 0 unspecified atom stereocenters. The lowest BCUT2D eigenvalue weighted by atomic mass is 10.1. The normalized spacial score (nSPS) is 14.1. The summed E-state index contributed by atoms with van der Waals surface area (Å²) in [6.45, 7) is 5.52. The molecule has 0 saturated heterocycles. The maximum absolute atomic E-state index is 12.4. The van der Waals surface area contributed by atoms with E-state index in [4.69, 9.17) is 19.5 Å². The number of hydrogen-bond acceptors (Lipinski definition) is 7. The molecule has 0 aromatic heterocycles. The van der Waals surface area contributed by atoms with E-state index < -0.39 is 5.97 Å². The van der Waals surface area contributed by atoms with Crippen molar-refractivity contribution in [2.75, 3.05) is 32.2 Å². The number of esters is 1. The molecule has 0 fully saturated rings. The number of aryl methyl sites for hydroxylation is 1. The lowest BCUT2D eigenvalue weighted by Gasteiger charge is -2.22. The maximum Gasteiger partial charge on any atom is 0.363 e. The third kappa shape index (κ3) is 5.04. The molecule has 0 radical (unpaired) electrons. The zero-order valence-electron chi connectivity index (χ0n) is 18.1. The fourth-order valence-electron chi connectivity index (χ4n) is 3.28. The monoisotopic (exact) mass is 419 g/mol. The number of methoxy groups -OCH3 is 2. The van der Waals surface area contributed by atoms with Crippen LogP contribution in [-0.2, 0) is 9.53 Å². The van der Waals surface area contributed by atoms with Gasteiger partial charge in [-0.3, -0.25) is 0 Å². The molecule has 31 heavy (non-hydrogen) atoms. The predicted molar refractivity (Wildman–Crippen MR) is 119 cm³/mol. The molecule has 160 valence electrons. The molecule has 1 aliphatic rings. The minimum atomic E-state index is -0.510. The van der Waals surface area contributed by atoms with Crippen LogP contribution in [0.5, 0.6) is 11.5 Å². The number of rotatable bonds is 8. The van der Waals surface area contributed by atoms with Gasteiger partial charge in [-0.1, -0.05) is 6.07 Å². The van der Waals surface area contributed by atoms with Crippen LogP contribution >= 0.6 is 0 Å². The summed E-state index contributed by atoms with van der Waals surface area (Å²) in [5, 5.41) is 8.85. The quantitative estimate of drug-likeness (QED) is 0.473. The first-order chi connectivity index (χ1) is 15.0. The zero-order valence-corrected chi connectivity index (χ0v) is 18.1. The molecule has 0 saturated carbocycles. The molecular weight excluding hydrogens is 394 g/mol. The number of benzene rings is 2. The molecule has 0 N–H and O–H groups in total. The Morgan fingerprint density at radius 2 is 1.87 bits per heavy atom. The Balaban J connectivity index is 1.89. The third-order valence-electron chi connectivity index (χ3n) is 5.00. The van der Waals surface area contributed by atoms with Gasteiger partial charge in [-0.15, -0.1) is 0 Å². The van der Waals surface area contributed by atoms with E-state index in [2.05, 4.69) is 22.9 Å². The van der Waals surface area contributed by atoms with Gasteiger partial charge in [-0.25, -0.2) is 9.79 Å². The minimum Gasteiger partial charge on any atom is -0.497 e. The van der Waals surface area contributed by atoms with Gasteiger partial charge in [0.1, 0.15) is 11.5 Å². The van der Waals surface area contributed by atoms with Gasteiger partial charge in [0.2, 0.25) is 5.90 Å². The van der Waals surface area contributed by atoms with E-state index in [1.807, 2.05) is 25.1 Å². The van der Waals surface area contributed by atoms with E-state index >= 15 is 0 Å². The number of nitriles is 1. The second-order valence-corrected chi connectivity index (χ2v) is 6.97. The third-order valence-corrected chi connectivity index (χ3v) is 5.00. The summed E-state index contributed by atoms with van der Waals surface area (Å²) in [7, 11) is 3.11. The molecule has 0 bridgehead atoms. The van der Waals surface area contributed by atoms with Crippen molar-refractivity contribution < 1.29 is 19.0 Å². The summed E-state index contributed by atoms with van der Waals surface area (Å²) in [6.07, 6.45) is 2.19. The van der Waals surface area contributed by atoms with Crippen LogP contribution < -0.4 is 14.4 Å². The Hall–Kier alpha value is -3.79. The van der Waals surface area contributed by atoms with E-state index in [1.165, 1.54) is 0 Å². The van der Waals surface area contributed by atoms with Crippen molar-refractivity contribution >= 4 is 23.6 Å². The molecule has 7 heteroatoms. The van der Waals surface area contributed by atoms with Crippen LogP contribution in [0.2, 0.25) is 0 Å². The lowest BCUT2D eigenvalue weighted by Crippen LogP contribution is -2.23. The Bertz CT molecular complexity index is 1060. The van der Waals surface area contributed by atoms with Gasteiger partial charge in [-0.05, 0) is 55.3 Å². The average Bonchev–Trinajstić information content (AvgIpc) is 3.15. The molecule has 1 aliphatic heterocycles. The average molecular weight is 419 g/mol. The van der Waals surface area contributed by atoms with Crippen LogP contribution in [0.25, 0.3) is 6.08 Å². The smallest absolute Gasteiger partial charge is 0.363 e. The highest BCUT2D eigenvalue weighted by atomic mass is 16.6. The van der Waals surface area contributed by atoms with Crippen molar-refractivity contribution in [2.24, 2.45) is 4.99 Å². The number of carbonyl (C=O) groups excluding carboxylic acids is 1. The fourth-order valence-corrected chi connectivity index (χ4v) is 3.28. The highest BCUT2D eigenvalue weighted by Gasteiger charge is 2.25. The summed E-state index contributed by atoms with van der Waals surface area (Å²) in [4.78, 5) is 18.9. The first kappa shape index (κ1) is 21.9. The molecule has 0 aliphatic carbocycles. The topological polar surface area (TPSA) is 84.2 Å². The van der Waals surface area contributed by atoms with Crippen LogP contribution in [0.4, 0.5) is 5.69 Å². The van der Waals surface area contributed by atoms with Crippen LogP contribution in [-0.4, -0.2) is 39.2 Å². The van der Waals surface area contributed by atoms with Crippen molar-refractivity contribution in [3.05, 3.63) is 58.8 Å². The van der Waals surface area contributed by atoms with Gasteiger partial charge >= 0.3 is 5.97 Å². The molecule has 7 nitrogen and oxygen atoms in total. The van der Waals surface area contributed by atoms with Crippen molar-refractivity contribution in [2.45, 2.75) is 20.3 Å². The van der Waals surface area contributed by atoms with E-state index in [1.54, 1.807) is 38.5 Å². The predicted octanol–water partition coefficient (Wildman–Crippen LogP) is 4.10. The highest BCUT2D eigenvalue weighted by molar-refractivity contribution is 6.13. The number of ether oxygens (including phenoxy) is 3. The summed E-state index contributed by atoms with van der Waals surface area (Å²) < 4.78 is 15.9. The Morgan fingerprint density at radius 1 is 1.16 bits per heavy atom. The van der Waals surface area contributed by atoms with Crippen molar-refractivity contribution in [3.8, 4) is 17.6 Å². The number of cyclic esters (lactones) is 1. The minimum absolute atomic E-state index is 0.205. The van der Waals surface area contributed by atoms with Crippen LogP contribution in [0, 0.1) is 18.3 Å². The number of nitrogens with zero attached hydrogens (tertiary/aromatic N) is 3. The molecule has 2 aromatic carbocycles. The number of aliphatic imine (C=N–C) groups is 1. The SMILES string of the molecule is CCN(CCC#N)c1ccc(/C=C2\N=C(c3cc(OC)cc(OC)c3)OC2=O)c(C)c1. The van der Waals surface area contributed by atoms with E-state index in [-0.39, 0.29) is 11.6 Å². The van der Waals surface area contributed by atoms with Crippen LogP contribution in [0.15, 0.2) is 47.1 Å². The summed E-state index contributed by atoms with van der Waals surface area (Å²) in [6, 6.07) is 13.4. The Labute approximate surface area is 182 Å². The summed E-state index contributed by atoms with van der Waals surface area (Å²) >= 11 is 0. The molecule has 0 atom stereocenters. The number of anilines is 1. The molecule has 3 rings (SSSR count).